The summed E-state index contributed by atoms with van der Waals surface area (Å²) in [6.45, 7) is 7.80. The molecule has 0 aliphatic heterocycles. The molecule has 0 bridgehead atoms. The lowest BCUT2D eigenvalue weighted by atomic mass is 9.93. The van der Waals surface area contributed by atoms with Gasteiger partial charge in [0.1, 0.15) is 0 Å². The maximum atomic E-state index is 3.57. The van der Waals surface area contributed by atoms with Gasteiger partial charge in [-0.05, 0) is 17.9 Å². The molecule has 1 atom stereocenters. The van der Waals surface area contributed by atoms with Crippen LogP contribution in [0.25, 0.3) is 0 Å². The zero-order valence-corrected chi connectivity index (χ0v) is 11.6. The zero-order valence-electron chi connectivity index (χ0n) is 11.6. The largest absolute Gasteiger partial charge is 0.314 e. The fourth-order valence-corrected chi connectivity index (χ4v) is 2.13. The van der Waals surface area contributed by atoms with Crippen molar-refractivity contribution in [3.8, 4) is 0 Å². The molecule has 17 heavy (non-hydrogen) atoms. The van der Waals surface area contributed by atoms with Gasteiger partial charge in [-0.3, -0.25) is 0 Å². The molecule has 0 fully saturated rings. The average Bonchev–Trinajstić information content (AvgIpc) is 2.34. The van der Waals surface area contributed by atoms with Crippen molar-refractivity contribution in [3.63, 3.8) is 0 Å². The van der Waals surface area contributed by atoms with Crippen molar-refractivity contribution < 1.29 is 0 Å². The summed E-state index contributed by atoms with van der Waals surface area (Å²) in [5, 5.41) is 3.57. The van der Waals surface area contributed by atoms with Crippen molar-refractivity contribution >= 4 is 0 Å². The molecule has 0 amide bonds. The molecule has 0 aliphatic rings. The summed E-state index contributed by atoms with van der Waals surface area (Å²) in [7, 11) is 0. The molecule has 96 valence electrons. The molecule has 1 rings (SSSR count). The van der Waals surface area contributed by atoms with Crippen LogP contribution in [0, 0.1) is 0 Å². The second-order valence-corrected chi connectivity index (χ2v) is 5.17. The van der Waals surface area contributed by atoms with Crippen molar-refractivity contribution in [2.75, 3.05) is 6.54 Å². The van der Waals surface area contributed by atoms with E-state index in [1.165, 1.54) is 31.2 Å². The van der Waals surface area contributed by atoms with Gasteiger partial charge >= 0.3 is 0 Å². The maximum absolute atomic E-state index is 3.57. The molecule has 0 heterocycles. The van der Waals surface area contributed by atoms with Gasteiger partial charge in [0.15, 0.2) is 0 Å². The molecule has 1 N–H and O–H groups in total. The van der Waals surface area contributed by atoms with E-state index >= 15 is 0 Å². The number of hydrogen-bond acceptors (Lipinski definition) is 1. The van der Waals surface area contributed by atoms with Gasteiger partial charge in [-0.2, -0.15) is 0 Å². The Hall–Kier alpha value is -0.820. The highest BCUT2D eigenvalue weighted by atomic mass is 14.9. The van der Waals surface area contributed by atoms with Crippen LogP contribution in [0.2, 0.25) is 0 Å². The molecule has 1 heteroatoms. The molecule has 1 unspecified atom stereocenters. The van der Waals surface area contributed by atoms with E-state index in [2.05, 4.69) is 56.4 Å². The lowest BCUT2D eigenvalue weighted by Crippen LogP contribution is -2.28. The van der Waals surface area contributed by atoms with Crippen LogP contribution >= 0.6 is 0 Å². The Morgan fingerprint density at radius 1 is 1.06 bits per heavy atom. The summed E-state index contributed by atoms with van der Waals surface area (Å²) in [5.41, 5.74) is 1.48. The minimum absolute atomic E-state index is 0.576. The predicted octanol–water partition coefficient (Wildman–Crippen LogP) is 4.35. The third-order valence-corrected chi connectivity index (χ3v) is 3.20. The molecule has 0 radical (unpaired) electrons. The van der Waals surface area contributed by atoms with Crippen LogP contribution in [0.5, 0.6) is 0 Å². The standard InChI is InChI=1S/C16H27N/c1-4-5-7-12-16(13-17-14(2)3)15-10-8-6-9-11-15/h6,8-11,14,16-17H,4-5,7,12-13H2,1-3H3. The third-order valence-electron chi connectivity index (χ3n) is 3.20. The van der Waals surface area contributed by atoms with Gasteiger partial charge in [0.05, 0.1) is 0 Å². The molecule has 1 aromatic rings. The molecule has 0 aliphatic carbocycles. The van der Waals surface area contributed by atoms with Gasteiger partial charge in [-0.25, -0.2) is 0 Å². The van der Waals surface area contributed by atoms with Gasteiger partial charge in [-0.1, -0.05) is 70.4 Å². The highest BCUT2D eigenvalue weighted by Gasteiger charge is 2.10. The number of unbranched alkanes of at least 4 members (excludes halogenated alkanes) is 2. The number of benzene rings is 1. The lowest BCUT2D eigenvalue weighted by Gasteiger charge is -2.19. The first-order valence-corrected chi connectivity index (χ1v) is 7.02. The molecule has 1 aromatic carbocycles. The van der Waals surface area contributed by atoms with E-state index in [0.717, 1.165) is 6.54 Å². The fourth-order valence-electron chi connectivity index (χ4n) is 2.13. The Morgan fingerprint density at radius 2 is 1.76 bits per heavy atom. The summed E-state index contributed by atoms with van der Waals surface area (Å²) >= 11 is 0. The molecular formula is C16H27N. The first-order valence-electron chi connectivity index (χ1n) is 7.02. The first kappa shape index (κ1) is 14.2. The van der Waals surface area contributed by atoms with E-state index in [0.29, 0.717) is 12.0 Å². The number of nitrogens with one attached hydrogen (secondary N) is 1. The zero-order chi connectivity index (χ0) is 12.5. The summed E-state index contributed by atoms with van der Waals surface area (Å²) < 4.78 is 0. The highest BCUT2D eigenvalue weighted by Crippen LogP contribution is 2.21. The van der Waals surface area contributed by atoms with Crippen LogP contribution in [0.1, 0.15) is 57.9 Å². The summed E-state index contributed by atoms with van der Waals surface area (Å²) in [4.78, 5) is 0. The average molecular weight is 233 g/mol. The summed E-state index contributed by atoms with van der Waals surface area (Å²) in [6.07, 6.45) is 5.30. The monoisotopic (exact) mass is 233 g/mol. The lowest BCUT2D eigenvalue weighted by molar-refractivity contribution is 0.490. The topological polar surface area (TPSA) is 12.0 Å². The van der Waals surface area contributed by atoms with E-state index < -0.39 is 0 Å². The second kappa shape index (κ2) is 8.30. The minimum Gasteiger partial charge on any atom is -0.314 e. The van der Waals surface area contributed by atoms with Crippen LogP contribution < -0.4 is 5.32 Å². The molecule has 0 saturated carbocycles. The minimum atomic E-state index is 0.576. The highest BCUT2D eigenvalue weighted by molar-refractivity contribution is 5.19. The Morgan fingerprint density at radius 3 is 2.35 bits per heavy atom. The number of rotatable bonds is 8. The van der Waals surface area contributed by atoms with Gasteiger partial charge < -0.3 is 5.32 Å². The van der Waals surface area contributed by atoms with Crippen molar-refractivity contribution in [1.29, 1.82) is 0 Å². The summed E-state index contributed by atoms with van der Waals surface area (Å²) in [5.74, 6) is 0.671. The Kier molecular flexibility index (Phi) is 6.95. The first-order chi connectivity index (χ1) is 8.24. The van der Waals surface area contributed by atoms with E-state index in [-0.39, 0.29) is 0 Å². The van der Waals surface area contributed by atoms with Crippen molar-refractivity contribution in [2.24, 2.45) is 0 Å². The van der Waals surface area contributed by atoms with Crippen LogP contribution in [0.3, 0.4) is 0 Å². The van der Waals surface area contributed by atoms with Crippen molar-refractivity contribution in [2.45, 2.75) is 58.4 Å². The quantitative estimate of drug-likeness (QED) is 0.658. The van der Waals surface area contributed by atoms with Gasteiger partial charge in [0, 0.05) is 12.6 Å². The number of hydrogen-bond donors (Lipinski definition) is 1. The molecular weight excluding hydrogens is 206 g/mol. The van der Waals surface area contributed by atoms with Crippen molar-refractivity contribution in [3.05, 3.63) is 35.9 Å². The van der Waals surface area contributed by atoms with Crippen LogP contribution in [0.4, 0.5) is 0 Å². The smallest absolute Gasteiger partial charge is 0.00225 e. The molecule has 1 nitrogen and oxygen atoms in total. The SMILES string of the molecule is CCCCCC(CNC(C)C)c1ccccc1. The third kappa shape index (κ3) is 5.88. The van der Waals surface area contributed by atoms with Gasteiger partial charge in [-0.15, -0.1) is 0 Å². The maximum Gasteiger partial charge on any atom is 0.00225 e. The van der Waals surface area contributed by atoms with E-state index in [1.54, 1.807) is 0 Å². The Balaban J connectivity index is 2.52. The second-order valence-electron chi connectivity index (χ2n) is 5.17. The molecule has 0 spiro atoms. The van der Waals surface area contributed by atoms with E-state index in [4.69, 9.17) is 0 Å². The van der Waals surface area contributed by atoms with Crippen LogP contribution in [-0.4, -0.2) is 12.6 Å². The van der Waals surface area contributed by atoms with Crippen LogP contribution in [-0.2, 0) is 0 Å². The van der Waals surface area contributed by atoms with E-state index in [9.17, 15) is 0 Å². The molecule has 0 aromatic heterocycles. The fraction of sp³-hybridized carbons (Fsp3) is 0.625. The van der Waals surface area contributed by atoms with Gasteiger partial charge in [0.25, 0.3) is 0 Å². The Bertz CT molecular complexity index is 279. The van der Waals surface area contributed by atoms with Crippen LogP contribution in [0.15, 0.2) is 30.3 Å². The Labute approximate surface area is 107 Å². The molecule has 0 saturated heterocycles. The van der Waals surface area contributed by atoms with Crippen molar-refractivity contribution in [1.82, 2.24) is 5.32 Å². The normalized spacial score (nSPS) is 12.9. The predicted molar refractivity (Wildman–Crippen MR) is 76.5 cm³/mol. The van der Waals surface area contributed by atoms with Gasteiger partial charge in [0.2, 0.25) is 0 Å². The summed E-state index contributed by atoms with van der Waals surface area (Å²) in [6, 6.07) is 11.5. The van der Waals surface area contributed by atoms with E-state index in [1.807, 2.05) is 0 Å².